The highest BCUT2D eigenvalue weighted by molar-refractivity contribution is 7.18. The van der Waals surface area contributed by atoms with Crippen LogP contribution in [0.1, 0.15) is 26.2 Å². The Balaban J connectivity index is 2.01. The molecule has 1 aromatic rings. The van der Waals surface area contributed by atoms with Gasteiger partial charge < -0.3 is 5.32 Å². The highest BCUT2D eigenvalue weighted by Gasteiger charge is 2.24. The molecule has 1 saturated carbocycles. The topological polar surface area (TPSA) is 68.1 Å². The van der Waals surface area contributed by atoms with E-state index in [-0.39, 0.29) is 5.00 Å². The lowest BCUT2D eigenvalue weighted by Gasteiger charge is -2.15. The Morgan fingerprint density at radius 2 is 2.47 bits per heavy atom. The molecule has 0 aromatic carbocycles. The zero-order chi connectivity index (χ0) is 10.8. The standard InChI is InChI=1S/C9H13N3O2S/c1-6-3-2-4-7(6)11-9-10-5-8(15-9)12(13)14/h5-7H,2-4H2,1H3,(H,10,11). The molecular formula is C9H13N3O2S. The van der Waals surface area contributed by atoms with Gasteiger partial charge in [0.25, 0.3) is 0 Å². The van der Waals surface area contributed by atoms with Gasteiger partial charge in [-0.25, -0.2) is 4.98 Å². The molecular weight excluding hydrogens is 214 g/mol. The maximum atomic E-state index is 10.5. The highest BCUT2D eigenvalue weighted by atomic mass is 32.1. The maximum absolute atomic E-state index is 10.5. The zero-order valence-electron chi connectivity index (χ0n) is 8.47. The lowest BCUT2D eigenvalue weighted by molar-refractivity contribution is -0.380. The van der Waals surface area contributed by atoms with Gasteiger partial charge >= 0.3 is 5.00 Å². The summed E-state index contributed by atoms with van der Waals surface area (Å²) < 4.78 is 0. The van der Waals surface area contributed by atoms with Gasteiger partial charge in [0.1, 0.15) is 6.20 Å². The molecule has 2 unspecified atom stereocenters. The fourth-order valence-electron chi connectivity index (χ4n) is 1.94. The monoisotopic (exact) mass is 227 g/mol. The molecule has 0 bridgehead atoms. The predicted octanol–water partition coefficient (Wildman–Crippen LogP) is 2.65. The maximum Gasteiger partial charge on any atom is 0.345 e. The molecule has 1 N–H and O–H groups in total. The van der Waals surface area contributed by atoms with E-state index >= 15 is 0 Å². The van der Waals surface area contributed by atoms with Gasteiger partial charge in [-0.3, -0.25) is 10.1 Å². The van der Waals surface area contributed by atoms with Crippen molar-refractivity contribution in [1.29, 1.82) is 0 Å². The Labute approximate surface area is 91.7 Å². The van der Waals surface area contributed by atoms with Crippen LogP contribution < -0.4 is 5.32 Å². The lowest BCUT2D eigenvalue weighted by atomic mass is 10.1. The number of hydrogen-bond donors (Lipinski definition) is 1. The van der Waals surface area contributed by atoms with Crippen LogP contribution in [0.25, 0.3) is 0 Å². The van der Waals surface area contributed by atoms with Crippen molar-refractivity contribution in [2.75, 3.05) is 5.32 Å². The Morgan fingerprint density at radius 1 is 1.67 bits per heavy atom. The summed E-state index contributed by atoms with van der Waals surface area (Å²) in [5, 5.41) is 14.5. The molecule has 6 heteroatoms. The minimum Gasteiger partial charge on any atom is -0.358 e. The van der Waals surface area contributed by atoms with Crippen molar-refractivity contribution < 1.29 is 4.92 Å². The van der Waals surface area contributed by atoms with E-state index < -0.39 is 4.92 Å². The Hall–Kier alpha value is -1.17. The number of nitrogens with one attached hydrogen (secondary N) is 1. The molecule has 2 atom stereocenters. The number of aromatic nitrogens is 1. The summed E-state index contributed by atoms with van der Waals surface area (Å²) in [6.45, 7) is 2.20. The number of rotatable bonds is 3. The van der Waals surface area contributed by atoms with Gasteiger partial charge in [0.05, 0.1) is 4.92 Å². The van der Waals surface area contributed by atoms with Crippen molar-refractivity contribution in [3.8, 4) is 0 Å². The van der Waals surface area contributed by atoms with Crippen molar-refractivity contribution in [1.82, 2.24) is 4.98 Å². The molecule has 1 heterocycles. The van der Waals surface area contributed by atoms with E-state index in [1.165, 1.54) is 19.0 Å². The summed E-state index contributed by atoms with van der Waals surface area (Å²) in [6, 6.07) is 0.427. The van der Waals surface area contributed by atoms with Gasteiger partial charge in [0, 0.05) is 6.04 Å². The second kappa shape index (κ2) is 4.14. The largest absolute Gasteiger partial charge is 0.358 e. The molecule has 0 amide bonds. The normalized spacial score (nSPS) is 25.4. The minimum absolute atomic E-state index is 0.100. The quantitative estimate of drug-likeness (QED) is 0.636. The van der Waals surface area contributed by atoms with Crippen molar-refractivity contribution >= 4 is 21.5 Å². The number of nitro groups is 1. The predicted molar refractivity (Wildman–Crippen MR) is 59.2 cm³/mol. The van der Waals surface area contributed by atoms with E-state index in [1.54, 1.807) is 0 Å². The van der Waals surface area contributed by atoms with Crippen LogP contribution in [-0.4, -0.2) is 15.9 Å². The van der Waals surface area contributed by atoms with Crippen LogP contribution in [0.2, 0.25) is 0 Å². The first kappa shape index (κ1) is 10.4. The first-order valence-electron chi connectivity index (χ1n) is 5.03. The van der Waals surface area contributed by atoms with Gasteiger partial charge in [-0.2, -0.15) is 0 Å². The molecule has 15 heavy (non-hydrogen) atoms. The van der Waals surface area contributed by atoms with E-state index in [2.05, 4.69) is 17.2 Å². The molecule has 2 rings (SSSR count). The molecule has 5 nitrogen and oxygen atoms in total. The Bertz CT molecular complexity index is 366. The Morgan fingerprint density at radius 3 is 3.00 bits per heavy atom. The first-order chi connectivity index (χ1) is 7.16. The van der Waals surface area contributed by atoms with Crippen LogP contribution in [0.3, 0.4) is 0 Å². The molecule has 0 radical (unpaired) electrons. The molecule has 0 saturated heterocycles. The molecule has 0 spiro atoms. The molecule has 82 valence electrons. The summed E-state index contributed by atoms with van der Waals surface area (Å²) in [4.78, 5) is 14.1. The molecule has 1 aliphatic rings. The summed E-state index contributed by atoms with van der Waals surface area (Å²) in [5.74, 6) is 0.632. The number of thiazole rings is 1. The van der Waals surface area contributed by atoms with Crippen molar-refractivity contribution in [3.05, 3.63) is 16.3 Å². The van der Waals surface area contributed by atoms with Gasteiger partial charge in [0.15, 0.2) is 5.13 Å². The van der Waals surface area contributed by atoms with Crippen LogP contribution in [-0.2, 0) is 0 Å². The van der Waals surface area contributed by atoms with E-state index in [9.17, 15) is 10.1 Å². The Kier molecular flexibility index (Phi) is 2.86. The third-order valence-corrected chi connectivity index (χ3v) is 3.72. The third kappa shape index (κ3) is 2.26. The van der Waals surface area contributed by atoms with Gasteiger partial charge in [0.2, 0.25) is 0 Å². The fraction of sp³-hybridized carbons (Fsp3) is 0.667. The SMILES string of the molecule is CC1CCCC1Nc1ncc([N+](=O)[O-])s1. The number of nitrogens with zero attached hydrogens (tertiary/aromatic N) is 2. The minimum atomic E-state index is -0.402. The van der Waals surface area contributed by atoms with Crippen molar-refractivity contribution in [2.45, 2.75) is 32.2 Å². The average Bonchev–Trinajstić information content (AvgIpc) is 2.77. The smallest absolute Gasteiger partial charge is 0.345 e. The fourth-order valence-corrected chi connectivity index (χ4v) is 2.63. The summed E-state index contributed by atoms with van der Waals surface area (Å²) in [7, 11) is 0. The molecule has 1 fully saturated rings. The third-order valence-electron chi connectivity index (χ3n) is 2.84. The van der Waals surface area contributed by atoms with Crippen molar-refractivity contribution in [3.63, 3.8) is 0 Å². The average molecular weight is 227 g/mol. The van der Waals surface area contributed by atoms with E-state index in [4.69, 9.17) is 0 Å². The second-order valence-corrected chi connectivity index (χ2v) is 4.93. The first-order valence-corrected chi connectivity index (χ1v) is 5.85. The van der Waals surface area contributed by atoms with E-state index in [0.717, 1.165) is 17.8 Å². The van der Waals surface area contributed by atoms with Crippen LogP contribution in [0.4, 0.5) is 10.1 Å². The van der Waals surface area contributed by atoms with Gasteiger partial charge in [-0.05, 0) is 30.1 Å². The van der Waals surface area contributed by atoms with E-state index in [1.807, 2.05) is 0 Å². The highest BCUT2D eigenvalue weighted by Crippen LogP contribution is 2.31. The summed E-state index contributed by atoms with van der Waals surface area (Å²) >= 11 is 1.11. The van der Waals surface area contributed by atoms with Gasteiger partial charge in [-0.15, -0.1) is 0 Å². The van der Waals surface area contributed by atoms with Crippen LogP contribution in [0, 0.1) is 16.0 Å². The zero-order valence-corrected chi connectivity index (χ0v) is 9.29. The van der Waals surface area contributed by atoms with E-state index in [0.29, 0.717) is 17.1 Å². The molecule has 1 aromatic heterocycles. The lowest BCUT2D eigenvalue weighted by Crippen LogP contribution is -2.21. The van der Waals surface area contributed by atoms with Crippen molar-refractivity contribution in [2.24, 2.45) is 5.92 Å². The van der Waals surface area contributed by atoms with Gasteiger partial charge in [-0.1, -0.05) is 13.3 Å². The summed E-state index contributed by atoms with van der Waals surface area (Å²) in [6.07, 6.45) is 4.90. The molecule has 1 aliphatic carbocycles. The number of hydrogen-bond acceptors (Lipinski definition) is 5. The van der Waals surface area contributed by atoms with Crippen LogP contribution >= 0.6 is 11.3 Å². The summed E-state index contributed by atoms with van der Waals surface area (Å²) in [5.41, 5.74) is 0. The second-order valence-electron chi connectivity index (χ2n) is 3.92. The molecule has 0 aliphatic heterocycles. The number of anilines is 1. The van der Waals surface area contributed by atoms with Crippen LogP contribution in [0.5, 0.6) is 0 Å². The van der Waals surface area contributed by atoms with Crippen LogP contribution in [0.15, 0.2) is 6.20 Å².